The Morgan fingerprint density at radius 2 is 1.19 bits per heavy atom. The highest BCUT2D eigenvalue weighted by Gasteiger charge is 2.52. The molecule has 32 heavy (non-hydrogen) atoms. The Labute approximate surface area is 193 Å². The summed E-state index contributed by atoms with van der Waals surface area (Å²) in [7, 11) is -2.84. The van der Waals surface area contributed by atoms with Gasteiger partial charge in [-0.1, -0.05) is 119 Å². The van der Waals surface area contributed by atoms with Gasteiger partial charge in [-0.15, -0.1) is 0 Å². The number of aliphatic hydroxyl groups excluding tert-OH is 1. The zero-order valence-corrected chi connectivity index (χ0v) is 20.7. The summed E-state index contributed by atoms with van der Waals surface area (Å²) in [6.45, 7) is 10.2. The highest BCUT2D eigenvalue weighted by molar-refractivity contribution is 6.99. The standard InChI is InChI=1S/C28H34O3Si/c1-21(27(30)23-15-9-6-10-16-23)26(29)22(2)31-32(28(3,4)5,24-17-11-7-12-18-24)25-19-13-8-14-20-25/h6-22,27,30H,1-5H3/t21-,22+,27-/m1/s1. The molecule has 0 saturated heterocycles. The van der Waals surface area contributed by atoms with Crippen molar-refractivity contribution in [1.82, 2.24) is 0 Å². The molecule has 0 aliphatic heterocycles. The van der Waals surface area contributed by atoms with Crippen molar-refractivity contribution < 1.29 is 14.3 Å². The summed E-state index contributed by atoms with van der Waals surface area (Å²) in [4.78, 5) is 13.5. The zero-order valence-electron chi connectivity index (χ0n) is 19.7. The number of hydrogen-bond donors (Lipinski definition) is 1. The molecule has 0 aliphatic rings. The number of hydrogen-bond acceptors (Lipinski definition) is 3. The summed E-state index contributed by atoms with van der Waals surface area (Å²) in [5.41, 5.74) is 0.742. The van der Waals surface area contributed by atoms with Gasteiger partial charge in [0.1, 0.15) is 6.10 Å². The van der Waals surface area contributed by atoms with E-state index in [9.17, 15) is 9.90 Å². The average Bonchev–Trinajstić information content (AvgIpc) is 2.81. The quantitative estimate of drug-likeness (QED) is 0.501. The number of aliphatic hydroxyl groups is 1. The van der Waals surface area contributed by atoms with Crippen LogP contribution in [0.15, 0.2) is 91.0 Å². The van der Waals surface area contributed by atoms with Crippen molar-refractivity contribution in [3.63, 3.8) is 0 Å². The van der Waals surface area contributed by atoms with Crippen molar-refractivity contribution in [2.24, 2.45) is 5.92 Å². The molecular formula is C28H34O3Si. The molecule has 3 aromatic carbocycles. The lowest BCUT2D eigenvalue weighted by atomic mass is 9.92. The summed E-state index contributed by atoms with van der Waals surface area (Å²) in [5, 5.41) is 12.9. The lowest BCUT2D eigenvalue weighted by molar-refractivity contribution is -0.132. The Bertz CT molecular complexity index is 958. The van der Waals surface area contributed by atoms with E-state index in [1.165, 1.54) is 0 Å². The van der Waals surface area contributed by atoms with Gasteiger partial charge in [0.05, 0.1) is 6.10 Å². The van der Waals surface area contributed by atoms with Crippen LogP contribution in [0.25, 0.3) is 0 Å². The number of Topliss-reactive ketones (excluding diaryl/α,β-unsaturated/α-hetero) is 1. The molecule has 3 aromatic rings. The summed E-state index contributed by atoms with van der Waals surface area (Å²) in [6.07, 6.45) is -1.52. The Balaban J connectivity index is 2.00. The molecule has 1 N–H and O–H groups in total. The monoisotopic (exact) mass is 446 g/mol. The molecule has 0 aromatic heterocycles. The van der Waals surface area contributed by atoms with Gasteiger partial charge in [-0.3, -0.25) is 4.79 Å². The predicted molar refractivity (Wildman–Crippen MR) is 134 cm³/mol. The number of carbonyl (C=O) groups excluding carboxylic acids is 1. The predicted octanol–water partition coefficient (Wildman–Crippen LogP) is 4.89. The van der Waals surface area contributed by atoms with Gasteiger partial charge in [-0.05, 0) is 27.9 Å². The normalized spacial score (nSPS) is 15.1. The van der Waals surface area contributed by atoms with E-state index in [0.717, 1.165) is 15.9 Å². The van der Waals surface area contributed by atoms with Crippen LogP contribution in [-0.2, 0) is 9.22 Å². The van der Waals surface area contributed by atoms with Crippen molar-refractivity contribution in [2.75, 3.05) is 0 Å². The van der Waals surface area contributed by atoms with E-state index in [4.69, 9.17) is 4.43 Å². The highest BCUT2D eigenvalue weighted by atomic mass is 28.4. The number of ketones is 1. The van der Waals surface area contributed by atoms with Crippen LogP contribution in [0.4, 0.5) is 0 Å². The maximum absolute atomic E-state index is 13.5. The number of carbonyl (C=O) groups is 1. The van der Waals surface area contributed by atoms with Crippen LogP contribution in [0.3, 0.4) is 0 Å². The molecule has 0 heterocycles. The third-order valence-corrected chi connectivity index (χ3v) is 11.3. The molecule has 3 atom stereocenters. The molecule has 0 spiro atoms. The van der Waals surface area contributed by atoms with Crippen LogP contribution >= 0.6 is 0 Å². The molecule has 0 radical (unpaired) electrons. The van der Waals surface area contributed by atoms with E-state index in [2.05, 4.69) is 45.0 Å². The molecule has 0 saturated carbocycles. The Morgan fingerprint density at radius 3 is 1.59 bits per heavy atom. The van der Waals surface area contributed by atoms with E-state index in [1.54, 1.807) is 6.92 Å². The molecule has 4 heteroatoms. The third kappa shape index (κ3) is 4.78. The molecule has 0 unspecified atom stereocenters. The van der Waals surface area contributed by atoms with Gasteiger partial charge < -0.3 is 9.53 Å². The second-order valence-electron chi connectivity index (χ2n) is 9.47. The summed E-state index contributed by atoms with van der Waals surface area (Å²) in [5.74, 6) is -0.667. The first kappa shape index (κ1) is 24.1. The SMILES string of the molecule is C[C@H](O[Si](c1ccccc1)(c1ccccc1)C(C)(C)C)C(=O)[C@@H](C)[C@@H](O)c1ccccc1. The summed E-state index contributed by atoms with van der Waals surface area (Å²) < 4.78 is 6.92. The second kappa shape index (κ2) is 9.95. The smallest absolute Gasteiger partial charge is 0.262 e. The lowest BCUT2D eigenvalue weighted by Gasteiger charge is -2.44. The highest BCUT2D eigenvalue weighted by Crippen LogP contribution is 2.38. The van der Waals surface area contributed by atoms with E-state index >= 15 is 0 Å². The van der Waals surface area contributed by atoms with Gasteiger partial charge in [0.2, 0.25) is 0 Å². The maximum atomic E-state index is 13.5. The van der Waals surface area contributed by atoms with E-state index in [0.29, 0.717) is 0 Å². The fourth-order valence-corrected chi connectivity index (χ4v) is 9.14. The van der Waals surface area contributed by atoms with E-state index in [-0.39, 0.29) is 10.8 Å². The molecule has 0 aliphatic carbocycles. The van der Waals surface area contributed by atoms with Crippen LogP contribution in [0.2, 0.25) is 5.04 Å². The minimum Gasteiger partial charge on any atom is -0.398 e. The van der Waals surface area contributed by atoms with Crippen molar-refractivity contribution in [1.29, 1.82) is 0 Å². The molecule has 0 bridgehead atoms. The maximum Gasteiger partial charge on any atom is 0.262 e. The molecule has 3 nitrogen and oxygen atoms in total. The Morgan fingerprint density at radius 1 is 0.781 bits per heavy atom. The van der Waals surface area contributed by atoms with Crippen molar-refractivity contribution in [3.8, 4) is 0 Å². The van der Waals surface area contributed by atoms with Crippen LogP contribution < -0.4 is 10.4 Å². The lowest BCUT2D eigenvalue weighted by Crippen LogP contribution is -2.68. The van der Waals surface area contributed by atoms with Crippen LogP contribution in [-0.4, -0.2) is 25.3 Å². The van der Waals surface area contributed by atoms with E-state index in [1.807, 2.05) is 73.7 Å². The van der Waals surface area contributed by atoms with E-state index < -0.39 is 26.4 Å². The third-order valence-electron chi connectivity index (χ3n) is 6.23. The molecule has 0 amide bonds. The minimum atomic E-state index is -2.84. The van der Waals surface area contributed by atoms with Crippen LogP contribution in [0, 0.1) is 5.92 Å². The van der Waals surface area contributed by atoms with Crippen molar-refractivity contribution >= 4 is 24.5 Å². The Kier molecular flexibility index (Phi) is 7.50. The second-order valence-corrected chi connectivity index (χ2v) is 13.7. The fourth-order valence-electron chi connectivity index (χ4n) is 4.48. The first-order valence-corrected chi connectivity index (χ1v) is 13.1. The number of benzene rings is 3. The molecule has 3 rings (SSSR count). The first-order valence-electron chi connectivity index (χ1n) is 11.2. The van der Waals surface area contributed by atoms with Crippen LogP contribution in [0.1, 0.15) is 46.3 Å². The van der Waals surface area contributed by atoms with Gasteiger partial charge in [0.15, 0.2) is 5.78 Å². The Hall–Kier alpha value is -2.53. The minimum absolute atomic E-state index is 0.0886. The molecule has 0 fully saturated rings. The van der Waals surface area contributed by atoms with Gasteiger partial charge in [0.25, 0.3) is 8.32 Å². The van der Waals surface area contributed by atoms with Gasteiger partial charge in [-0.25, -0.2) is 0 Å². The van der Waals surface area contributed by atoms with Crippen molar-refractivity contribution in [2.45, 2.75) is 51.9 Å². The largest absolute Gasteiger partial charge is 0.398 e. The molecular weight excluding hydrogens is 412 g/mol. The van der Waals surface area contributed by atoms with Gasteiger partial charge >= 0.3 is 0 Å². The zero-order chi connectivity index (χ0) is 23.4. The van der Waals surface area contributed by atoms with Crippen LogP contribution in [0.5, 0.6) is 0 Å². The molecule has 168 valence electrons. The van der Waals surface area contributed by atoms with Gasteiger partial charge in [0, 0.05) is 5.92 Å². The summed E-state index contributed by atoms with van der Waals surface area (Å²) >= 11 is 0. The summed E-state index contributed by atoms with van der Waals surface area (Å²) in [6, 6.07) is 29.9. The van der Waals surface area contributed by atoms with Gasteiger partial charge in [-0.2, -0.15) is 0 Å². The average molecular weight is 447 g/mol. The number of rotatable bonds is 8. The first-order chi connectivity index (χ1) is 15.2. The topological polar surface area (TPSA) is 46.5 Å². The van der Waals surface area contributed by atoms with Crippen molar-refractivity contribution in [3.05, 3.63) is 96.6 Å². The fraction of sp³-hybridized carbons (Fsp3) is 0.321.